The first kappa shape index (κ1) is 18.9. The molecule has 1 heterocycles. The fraction of sp³-hybridized carbons (Fsp3) is 0.526. The summed E-state index contributed by atoms with van der Waals surface area (Å²) in [6.45, 7) is -0.0853. The number of thioether (sulfide) groups is 1. The van der Waals surface area contributed by atoms with Gasteiger partial charge in [-0.05, 0) is 18.9 Å². The van der Waals surface area contributed by atoms with Crippen LogP contribution in [0.5, 0.6) is 0 Å². The lowest BCUT2D eigenvalue weighted by Crippen LogP contribution is -2.45. The summed E-state index contributed by atoms with van der Waals surface area (Å²) in [6.07, 6.45) is 4.30. The molecule has 140 valence electrons. The predicted octanol–water partition coefficient (Wildman–Crippen LogP) is 2.49. The lowest BCUT2D eigenvalue weighted by atomic mass is 10.1. The highest BCUT2D eigenvalue weighted by atomic mass is 32.2. The maximum absolute atomic E-state index is 14.0. The van der Waals surface area contributed by atoms with Gasteiger partial charge in [-0.2, -0.15) is 0 Å². The largest absolute Gasteiger partial charge is 0.352 e. The van der Waals surface area contributed by atoms with E-state index in [0.29, 0.717) is 11.3 Å². The number of carbonyl (C=O) groups is 3. The monoisotopic (exact) mass is 378 g/mol. The Morgan fingerprint density at radius 1 is 1.23 bits per heavy atom. The van der Waals surface area contributed by atoms with Crippen molar-refractivity contribution in [1.82, 2.24) is 10.2 Å². The Balaban J connectivity index is 1.69. The number of rotatable bonds is 6. The van der Waals surface area contributed by atoms with Crippen molar-refractivity contribution in [3.63, 3.8) is 0 Å². The highest BCUT2D eigenvalue weighted by Gasteiger charge is 2.33. The van der Waals surface area contributed by atoms with Gasteiger partial charge < -0.3 is 10.2 Å². The second-order valence-electron chi connectivity index (χ2n) is 6.92. The minimum absolute atomic E-state index is 0.00963. The van der Waals surface area contributed by atoms with Crippen molar-refractivity contribution in [2.45, 2.75) is 44.7 Å². The average molecular weight is 378 g/mol. The molecule has 1 saturated carbocycles. The number of hydrogen-bond donors (Lipinski definition) is 1. The Morgan fingerprint density at radius 3 is 2.62 bits per heavy atom. The van der Waals surface area contributed by atoms with Crippen LogP contribution in [0.1, 0.15) is 37.7 Å². The maximum atomic E-state index is 14.0. The molecule has 5 nitrogen and oxygen atoms in total. The Bertz CT molecular complexity index is 691. The van der Waals surface area contributed by atoms with Crippen LogP contribution in [-0.2, 0) is 20.9 Å². The smallest absolute Gasteiger partial charge is 0.239 e. The normalized spacial score (nSPS) is 20.3. The van der Waals surface area contributed by atoms with E-state index >= 15 is 0 Å². The molecule has 2 fully saturated rings. The van der Waals surface area contributed by atoms with Crippen LogP contribution in [0.3, 0.4) is 0 Å². The molecule has 26 heavy (non-hydrogen) atoms. The van der Waals surface area contributed by atoms with Crippen LogP contribution < -0.4 is 5.32 Å². The van der Waals surface area contributed by atoms with Gasteiger partial charge in [0, 0.05) is 30.3 Å². The predicted molar refractivity (Wildman–Crippen MR) is 97.8 cm³/mol. The molecule has 0 spiro atoms. The molecule has 2 aliphatic rings. The van der Waals surface area contributed by atoms with Crippen molar-refractivity contribution in [3.8, 4) is 0 Å². The minimum Gasteiger partial charge on any atom is -0.352 e. The number of benzene rings is 1. The lowest BCUT2D eigenvalue weighted by molar-refractivity contribution is -0.140. The van der Waals surface area contributed by atoms with E-state index in [1.54, 1.807) is 18.2 Å². The SMILES string of the molecule is O=C(CN(Cc1ccccc1F)C(=O)C1CSC(=O)C1)NC1CCCC1. The lowest BCUT2D eigenvalue weighted by Gasteiger charge is -2.26. The summed E-state index contributed by atoms with van der Waals surface area (Å²) in [7, 11) is 0. The molecule has 1 aromatic carbocycles. The highest BCUT2D eigenvalue weighted by molar-refractivity contribution is 8.14. The Morgan fingerprint density at radius 2 is 1.96 bits per heavy atom. The first-order valence-electron chi connectivity index (χ1n) is 9.00. The van der Waals surface area contributed by atoms with Gasteiger partial charge in [-0.15, -0.1) is 0 Å². The number of nitrogens with zero attached hydrogens (tertiary/aromatic N) is 1. The summed E-state index contributed by atoms with van der Waals surface area (Å²) < 4.78 is 14.0. The zero-order valence-electron chi connectivity index (χ0n) is 14.6. The van der Waals surface area contributed by atoms with E-state index in [2.05, 4.69) is 5.32 Å². The van der Waals surface area contributed by atoms with Gasteiger partial charge in [0.25, 0.3) is 0 Å². The van der Waals surface area contributed by atoms with E-state index in [4.69, 9.17) is 0 Å². The first-order valence-corrected chi connectivity index (χ1v) is 9.98. The maximum Gasteiger partial charge on any atom is 0.239 e. The van der Waals surface area contributed by atoms with Crippen LogP contribution in [0.4, 0.5) is 4.39 Å². The Kier molecular flexibility index (Phi) is 6.29. The fourth-order valence-corrected chi connectivity index (χ4v) is 4.46. The van der Waals surface area contributed by atoms with Crippen LogP contribution in [0.15, 0.2) is 24.3 Å². The third kappa shape index (κ3) is 4.84. The Labute approximate surface area is 156 Å². The van der Waals surface area contributed by atoms with Crippen LogP contribution in [0, 0.1) is 11.7 Å². The summed E-state index contributed by atoms with van der Waals surface area (Å²) in [5.41, 5.74) is 0.367. The van der Waals surface area contributed by atoms with Crippen molar-refractivity contribution in [2.75, 3.05) is 12.3 Å². The van der Waals surface area contributed by atoms with Crippen LogP contribution in [0.25, 0.3) is 0 Å². The molecule has 1 aromatic rings. The van der Waals surface area contributed by atoms with Crippen LogP contribution >= 0.6 is 11.8 Å². The van der Waals surface area contributed by atoms with Gasteiger partial charge in [0.15, 0.2) is 5.12 Å². The number of carbonyl (C=O) groups excluding carboxylic acids is 3. The standard InChI is InChI=1S/C19H23FN2O3S/c20-16-8-4-1-5-13(16)10-22(19(25)14-9-18(24)26-12-14)11-17(23)21-15-6-2-3-7-15/h1,4-5,8,14-15H,2-3,6-7,9-12H2,(H,21,23). The molecular weight excluding hydrogens is 355 g/mol. The van der Waals surface area contributed by atoms with Crippen molar-refractivity contribution in [2.24, 2.45) is 5.92 Å². The van der Waals surface area contributed by atoms with Crippen LogP contribution in [0.2, 0.25) is 0 Å². The Hall–Kier alpha value is -1.89. The van der Waals surface area contributed by atoms with Gasteiger partial charge >= 0.3 is 0 Å². The van der Waals surface area contributed by atoms with Crippen molar-refractivity contribution in [1.29, 1.82) is 0 Å². The third-order valence-corrected chi connectivity index (χ3v) is 5.95. The topological polar surface area (TPSA) is 66.5 Å². The van der Waals surface area contributed by atoms with E-state index < -0.39 is 11.7 Å². The number of nitrogens with one attached hydrogen (secondary N) is 1. The molecule has 1 aliphatic carbocycles. The number of amides is 2. The summed E-state index contributed by atoms with van der Waals surface area (Å²) in [5.74, 6) is -0.890. The molecule has 2 amide bonds. The quantitative estimate of drug-likeness (QED) is 0.826. The second kappa shape index (κ2) is 8.66. The molecule has 1 aliphatic heterocycles. The number of halogens is 1. The van der Waals surface area contributed by atoms with Crippen LogP contribution in [-0.4, -0.2) is 40.2 Å². The molecule has 1 N–H and O–H groups in total. The first-order chi connectivity index (χ1) is 12.5. The fourth-order valence-electron chi connectivity index (χ4n) is 3.49. The second-order valence-corrected chi connectivity index (χ2v) is 8.00. The molecule has 7 heteroatoms. The van der Waals surface area contributed by atoms with E-state index in [9.17, 15) is 18.8 Å². The summed E-state index contributed by atoms with van der Waals surface area (Å²) >= 11 is 1.14. The molecule has 1 atom stereocenters. The van der Waals surface area contributed by atoms with Crippen molar-refractivity contribution >= 4 is 28.7 Å². The summed E-state index contributed by atoms with van der Waals surface area (Å²) in [4.78, 5) is 38.1. The van der Waals surface area contributed by atoms with E-state index in [1.807, 2.05) is 0 Å². The van der Waals surface area contributed by atoms with Crippen molar-refractivity contribution in [3.05, 3.63) is 35.6 Å². The van der Waals surface area contributed by atoms with E-state index in [1.165, 1.54) is 11.0 Å². The zero-order valence-corrected chi connectivity index (χ0v) is 15.4. The van der Waals surface area contributed by atoms with E-state index in [-0.39, 0.29) is 42.5 Å². The van der Waals surface area contributed by atoms with Gasteiger partial charge in [0.05, 0.1) is 12.5 Å². The van der Waals surface area contributed by atoms with Gasteiger partial charge in [-0.3, -0.25) is 14.4 Å². The highest BCUT2D eigenvalue weighted by Crippen LogP contribution is 2.27. The number of hydrogen-bond acceptors (Lipinski definition) is 4. The van der Waals surface area contributed by atoms with Crippen molar-refractivity contribution < 1.29 is 18.8 Å². The molecule has 1 unspecified atom stereocenters. The molecule has 0 aromatic heterocycles. The average Bonchev–Trinajstić information content (AvgIpc) is 3.27. The summed E-state index contributed by atoms with van der Waals surface area (Å²) in [6, 6.07) is 6.40. The zero-order chi connectivity index (χ0) is 18.5. The molecule has 1 saturated heterocycles. The van der Waals surface area contributed by atoms with Gasteiger partial charge in [0.2, 0.25) is 11.8 Å². The van der Waals surface area contributed by atoms with Gasteiger partial charge in [-0.25, -0.2) is 4.39 Å². The minimum atomic E-state index is -0.432. The molecule has 3 rings (SSSR count). The van der Waals surface area contributed by atoms with E-state index in [0.717, 1.165) is 37.4 Å². The molecule has 0 bridgehead atoms. The summed E-state index contributed by atoms with van der Waals surface area (Å²) in [5, 5.41) is 2.96. The van der Waals surface area contributed by atoms with Gasteiger partial charge in [0.1, 0.15) is 5.82 Å². The third-order valence-electron chi connectivity index (χ3n) is 4.89. The molecular formula is C19H23FN2O3S. The molecule has 0 radical (unpaired) electrons. The van der Waals surface area contributed by atoms with Gasteiger partial charge in [-0.1, -0.05) is 42.8 Å².